The van der Waals surface area contributed by atoms with Gasteiger partial charge in [-0.3, -0.25) is 9.09 Å². The van der Waals surface area contributed by atoms with Crippen molar-refractivity contribution in [1.82, 2.24) is 0 Å². The van der Waals surface area contributed by atoms with Gasteiger partial charge < -0.3 is 16.0 Å². The second-order valence-corrected chi connectivity index (χ2v) is 4.77. The molecule has 0 rings (SSSR count). The van der Waals surface area contributed by atoms with Crippen molar-refractivity contribution < 1.29 is 13.6 Å². The molecular formula is C10H26N2NaO3P. The van der Waals surface area contributed by atoms with Gasteiger partial charge in [-0.05, 0) is 32.2 Å². The summed E-state index contributed by atoms with van der Waals surface area (Å²) in [5.41, 5.74) is 11.0. The third kappa shape index (κ3) is 15.0. The van der Waals surface area contributed by atoms with Crippen LogP contribution in [0.2, 0.25) is 0 Å². The van der Waals surface area contributed by atoms with Crippen LogP contribution in [0.5, 0.6) is 0 Å². The van der Waals surface area contributed by atoms with E-state index in [-0.39, 0.29) is 29.6 Å². The summed E-state index contributed by atoms with van der Waals surface area (Å²) in [6, 6.07) is 0. The van der Waals surface area contributed by atoms with Crippen LogP contribution in [0, 0.1) is 0 Å². The molecule has 2 atom stereocenters. The molecule has 0 fully saturated rings. The summed E-state index contributed by atoms with van der Waals surface area (Å²) in [4.78, 5) is 0. The molecule has 0 spiro atoms. The first-order chi connectivity index (χ1) is 7.70. The number of rotatable bonds is 11. The van der Waals surface area contributed by atoms with Gasteiger partial charge >= 0.3 is 37.8 Å². The van der Waals surface area contributed by atoms with E-state index >= 15 is 0 Å². The minimum absolute atomic E-state index is 0. The van der Waals surface area contributed by atoms with Gasteiger partial charge in [0.2, 0.25) is 0 Å². The summed E-state index contributed by atoms with van der Waals surface area (Å²) in [5, 5.41) is 0. The second-order valence-electron chi connectivity index (χ2n) is 3.75. The predicted molar refractivity (Wildman–Crippen MR) is 73.6 cm³/mol. The zero-order valence-corrected chi connectivity index (χ0v) is 11.1. The van der Waals surface area contributed by atoms with E-state index in [2.05, 4.69) is 0 Å². The number of unbranched alkanes of at least 4 members (excludes halogenated alkanes) is 3. The van der Waals surface area contributed by atoms with Crippen LogP contribution in [-0.4, -0.2) is 48.9 Å². The molecule has 0 amide bonds. The van der Waals surface area contributed by atoms with Gasteiger partial charge in [-0.1, -0.05) is 19.8 Å². The Morgan fingerprint density at radius 3 is 2.53 bits per heavy atom. The van der Waals surface area contributed by atoms with Crippen molar-refractivity contribution in [2.75, 3.05) is 13.2 Å². The van der Waals surface area contributed by atoms with E-state index in [1.807, 2.05) is 6.92 Å². The van der Waals surface area contributed by atoms with Crippen molar-refractivity contribution >= 4 is 37.8 Å². The van der Waals surface area contributed by atoms with E-state index < -0.39 is 14.5 Å². The zero-order valence-electron chi connectivity index (χ0n) is 10.1. The molecular weight excluding hydrogens is 250 g/mol. The molecule has 0 heterocycles. The third-order valence-corrected chi connectivity index (χ3v) is 3.09. The molecule has 100 valence electrons. The fourth-order valence-electron chi connectivity index (χ4n) is 1.18. The molecule has 0 aliphatic rings. The van der Waals surface area contributed by atoms with Gasteiger partial charge in [0, 0.05) is 0 Å². The first kappa shape index (κ1) is 20.4. The Labute approximate surface area is 127 Å². The summed E-state index contributed by atoms with van der Waals surface area (Å²) >= 11 is 0. The van der Waals surface area contributed by atoms with Crippen LogP contribution < -0.4 is 11.5 Å². The van der Waals surface area contributed by atoms with Gasteiger partial charge in [0.25, 0.3) is 0 Å². The van der Waals surface area contributed by atoms with Crippen molar-refractivity contribution in [3.63, 3.8) is 0 Å². The summed E-state index contributed by atoms with van der Waals surface area (Å²) in [5.74, 6) is 0. The van der Waals surface area contributed by atoms with Crippen LogP contribution in [0.4, 0.5) is 0 Å². The van der Waals surface area contributed by atoms with E-state index in [0.717, 1.165) is 32.1 Å². The van der Waals surface area contributed by atoms with Gasteiger partial charge in [-0.2, -0.15) is 0 Å². The van der Waals surface area contributed by atoms with Crippen molar-refractivity contribution in [3.05, 3.63) is 0 Å². The van der Waals surface area contributed by atoms with Crippen LogP contribution in [0.1, 0.15) is 45.4 Å². The van der Waals surface area contributed by atoms with Gasteiger partial charge in [-0.25, -0.2) is 0 Å². The van der Waals surface area contributed by atoms with Gasteiger partial charge in [0.15, 0.2) is 0 Å². The third-order valence-electron chi connectivity index (χ3n) is 2.16. The molecule has 0 radical (unpaired) electrons. The summed E-state index contributed by atoms with van der Waals surface area (Å²) < 4.78 is 21.3. The fourth-order valence-corrected chi connectivity index (χ4v) is 1.93. The van der Waals surface area contributed by atoms with Crippen LogP contribution in [-0.2, 0) is 13.6 Å². The maximum atomic E-state index is 11.3. The normalized spacial score (nSPS) is 14.1. The quantitative estimate of drug-likeness (QED) is 0.257. The second kappa shape index (κ2) is 15.1. The molecule has 0 saturated heterocycles. The number of hydrogen-bond acceptors (Lipinski definition) is 5. The van der Waals surface area contributed by atoms with E-state index in [1.165, 1.54) is 0 Å². The Balaban J connectivity index is 0. The standard InChI is InChI=1S/C10H25N2O3P.Na.H/c1-2-3-9-14-16(13)15-10(12)7-5-4-6-8-11;;/h10,16H,2-9,11-12H2,1H3;;. The van der Waals surface area contributed by atoms with Crippen molar-refractivity contribution in [3.8, 4) is 0 Å². The molecule has 2 unspecified atom stereocenters. The molecule has 0 aliphatic carbocycles. The molecule has 0 saturated carbocycles. The monoisotopic (exact) mass is 276 g/mol. The molecule has 7 heteroatoms. The molecule has 0 aliphatic heterocycles. The van der Waals surface area contributed by atoms with Crippen LogP contribution >= 0.6 is 8.25 Å². The van der Waals surface area contributed by atoms with Gasteiger partial charge in [-0.15, -0.1) is 0 Å². The van der Waals surface area contributed by atoms with Crippen LogP contribution in [0.25, 0.3) is 0 Å². The topological polar surface area (TPSA) is 87.6 Å². The Morgan fingerprint density at radius 2 is 1.94 bits per heavy atom. The zero-order chi connectivity index (χ0) is 12.2. The van der Waals surface area contributed by atoms with Crippen molar-refractivity contribution in [2.45, 2.75) is 51.7 Å². The van der Waals surface area contributed by atoms with E-state index in [1.54, 1.807) is 0 Å². The molecule has 5 nitrogen and oxygen atoms in total. The predicted octanol–water partition coefficient (Wildman–Crippen LogP) is 1.36. The first-order valence-corrected chi connectivity index (χ1v) is 7.22. The Hall–Kier alpha value is 1.07. The number of hydrogen-bond donors (Lipinski definition) is 2. The average molecular weight is 276 g/mol. The fraction of sp³-hybridized carbons (Fsp3) is 1.00. The molecule has 4 N–H and O–H groups in total. The van der Waals surface area contributed by atoms with Crippen LogP contribution in [0.15, 0.2) is 0 Å². The Kier molecular flexibility index (Phi) is 18.1. The van der Waals surface area contributed by atoms with Crippen LogP contribution in [0.3, 0.4) is 0 Å². The Bertz CT molecular complexity index is 187. The molecule has 0 aromatic heterocycles. The SMILES string of the molecule is CCCCO[PH](=O)OC(N)CCCCCN.[NaH]. The van der Waals surface area contributed by atoms with Gasteiger partial charge in [0.05, 0.1) is 6.61 Å². The summed E-state index contributed by atoms with van der Waals surface area (Å²) in [6.07, 6.45) is 5.10. The maximum absolute atomic E-state index is 11.3. The van der Waals surface area contributed by atoms with E-state index in [0.29, 0.717) is 19.6 Å². The van der Waals surface area contributed by atoms with Crippen molar-refractivity contribution in [2.24, 2.45) is 11.5 Å². The molecule has 0 aromatic carbocycles. The summed E-state index contributed by atoms with van der Waals surface area (Å²) in [7, 11) is -2.40. The number of nitrogens with two attached hydrogens (primary N) is 2. The van der Waals surface area contributed by atoms with E-state index in [4.69, 9.17) is 20.5 Å². The summed E-state index contributed by atoms with van der Waals surface area (Å²) in [6.45, 7) is 3.23. The van der Waals surface area contributed by atoms with E-state index in [9.17, 15) is 4.57 Å². The minimum atomic E-state index is -2.40. The Morgan fingerprint density at radius 1 is 1.24 bits per heavy atom. The van der Waals surface area contributed by atoms with Gasteiger partial charge in [0.1, 0.15) is 6.23 Å². The average Bonchev–Trinajstić information content (AvgIpc) is 2.25. The molecule has 17 heavy (non-hydrogen) atoms. The molecule has 0 aromatic rings. The molecule has 0 bridgehead atoms. The van der Waals surface area contributed by atoms with Crippen molar-refractivity contribution in [1.29, 1.82) is 0 Å². The first-order valence-electron chi connectivity index (χ1n) is 5.99.